The van der Waals surface area contributed by atoms with Gasteiger partial charge in [-0.1, -0.05) is 11.2 Å². The van der Waals surface area contributed by atoms with Crippen molar-refractivity contribution in [3.63, 3.8) is 0 Å². The molecule has 3 rings (SSSR count). The number of benzene rings is 1. The number of aryl methyl sites for hydroxylation is 1. The van der Waals surface area contributed by atoms with Crippen molar-refractivity contribution in [2.75, 3.05) is 11.9 Å². The van der Waals surface area contributed by atoms with Crippen molar-refractivity contribution >= 4 is 23.3 Å². The fourth-order valence-corrected chi connectivity index (χ4v) is 2.43. The smallest absolute Gasteiger partial charge is 0.270 e. The highest BCUT2D eigenvalue weighted by atomic mass is 16.6. The molecule has 0 radical (unpaired) electrons. The van der Waals surface area contributed by atoms with Gasteiger partial charge in [0, 0.05) is 29.8 Å². The minimum absolute atomic E-state index is 0.0310. The molecule has 9 heteroatoms. The van der Waals surface area contributed by atoms with Crippen LogP contribution in [0.1, 0.15) is 29.0 Å². The summed E-state index contributed by atoms with van der Waals surface area (Å²) in [5.74, 6) is 0.0275. The molecule has 1 saturated carbocycles. The van der Waals surface area contributed by atoms with Gasteiger partial charge < -0.3 is 14.7 Å². The molecule has 0 bridgehead atoms. The maximum Gasteiger partial charge on any atom is 0.270 e. The van der Waals surface area contributed by atoms with Crippen LogP contribution in [0.2, 0.25) is 0 Å². The summed E-state index contributed by atoms with van der Waals surface area (Å²) in [7, 11) is 0. The number of hydrogen-bond donors (Lipinski definition) is 1. The number of carbonyl (C=O) groups excluding carboxylic acids is 2. The normalized spacial score (nSPS) is 13.3. The van der Waals surface area contributed by atoms with Crippen LogP contribution in [0.5, 0.6) is 0 Å². The van der Waals surface area contributed by atoms with Gasteiger partial charge in [0.2, 0.25) is 5.91 Å². The number of anilines is 1. The van der Waals surface area contributed by atoms with Crippen LogP contribution in [0.3, 0.4) is 0 Å². The number of nitro benzene ring substituents is 1. The SMILES string of the molecule is Cc1cc(NC(=O)CN(C(=O)c2cccc([N+](=O)[O-])c2)C2CC2)no1. The minimum atomic E-state index is -0.558. The van der Waals surface area contributed by atoms with Gasteiger partial charge in [-0.15, -0.1) is 0 Å². The summed E-state index contributed by atoms with van der Waals surface area (Å²) in [4.78, 5) is 36.6. The Balaban J connectivity index is 1.72. The highest BCUT2D eigenvalue weighted by Crippen LogP contribution is 2.28. The largest absolute Gasteiger partial charge is 0.360 e. The van der Waals surface area contributed by atoms with Crippen molar-refractivity contribution in [3.8, 4) is 0 Å². The van der Waals surface area contributed by atoms with E-state index in [9.17, 15) is 19.7 Å². The molecule has 0 aliphatic heterocycles. The molecule has 1 N–H and O–H groups in total. The second-order valence-electron chi connectivity index (χ2n) is 5.84. The van der Waals surface area contributed by atoms with Crippen LogP contribution in [0, 0.1) is 17.0 Å². The average Bonchev–Trinajstić information content (AvgIpc) is 3.35. The number of nitro groups is 1. The van der Waals surface area contributed by atoms with E-state index in [1.54, 1.807) is 13.0 Å². The molecule has 1 heterocycles. The lowest BCUT2D eigenvalue weighted by Crippen LogP contribution is -2.39. The van der Waals surface area contributed by atoms with Crippen molar-refractivity contribution in [2.45, 2.75) is 25.8 Å². The van der Waals surface area contributed by atoms with E-state index in [2.05, 4.69) is 10.5 Å². The molecule has 9 nitrogen and oxygen atoms in total. The first-order valence-electron chi connectivity index (χ1n) is 7.72. The lowest BCUT2D eigenvalue weighted by atomic mass is 10.1. The summed E-state index contributed by atoms with van der Waals surface area (Å²) in [5.41, 5.74) is 0.0234. The van der Waals surface area contributed by atoms with Crippen molar-refractivity contribution in [3.05, 3.63) is 51.8 Å². The fourth-order valence-electron chi connectivity index (χ4n) is 2.43. The van der Waals surface area contributed by atoms with E-state index in [0.29, 0.717) is 5.76 Å². The van der Waals surface area contributed by atoms with Crippen LogP contribution in [-0.2, 0) is 4.79 Å². The molecule has 1 aliphatic carbocycles. The standard InChI is InChI=1S/C16H16N4O5/c1-10-7-14(18-25-10)17-15(21)9-19(12-5-6-12)16(22)11-3-2-4-13(8-11)20(23)24/h2-4,7-8,12H,5-6,9H2,1H3,(H,17,18,21). The molecule has 0 spiro atoms. The maximum atomic E-state index is 12.7. The molecule has 25 heavy (non-hydrogen) atoms. The Bertz CT molecular complexity index is 827. The minimum Gasteiger partial charge on any atom is -0.360 e. The Hall–Kier alpha value is -3.23. The number of aromatic nitrogens is 1. The van der Waals surface area contributed by atoms with Gasteiger partial charge in [0.15, 0.2) is 5.82 Å². The van der Waals surface area contributed by atoms with E-state index in [1.165, 1.54) is 29.2 Å². The summed E-state index contributed by atoms with van der Waals surface area (Å²) >= 11 is 0. The second kappa shape index (κ2) is 6.71. The summed E-state index contributed by atoms with van der Waals surface area (Å²) in [6.45, 7) is 1.54. The van der Waals surface area contributed by atoms with Crippen LogP contribution in [-0.4, -0.2) is 39.4 Å². The first-order chi connectivity index (χ1) is 11.9. The molecule has 0 atom stereocenters. The molecule has 2 aromatic rings. The van der Waals surface area contributed by atoms with Crippen LogP contribution < -0.4 is 5.32 Å². The second-order valence-corrected chi connectivity index (χ2v) is 5.84. The lowest BCUT2D eigenvalue weighted by Gasteiger charge is -2.21. The quantitative estimate of drug-likeness (QED) is 0.633. The van der Waals surface area contributed by atoms with Crippen molar-refractivity contribution in [2.24, 2.45) is 0 Å². The monoisotopic (exact) mass is 344 g/mol. The predicted octanol–water partition coefficient (Wildman–Crippen LogP) is 2.13. The number of nitrogens with zero attached hydrogens (tertiary/aromatic N) is 3. The zero-order valence-electron chi connectivity index (χ0n) is 13.5. The Morgan fingerprint density at radius 1 is 1.40 bits per heavy atom. The van der Waals surface area contributed by atoms with Crippen LogP contribution in [0.25, 0.3) is 0 Å². The van der Waals surface area contributed by atoms with Crippen molar-refractivity contribution in [1.29, 1.82) is 0 Å². The molecular formula is C16H16N4O5. The topological polar surface area (TPSA) is 119 Å². The van der Waals surface area contributed by atoms with E-state index < -0.39 is 16.7 Å². The van der Waals surface area contributed by atoms with Gasteiger partial charge in [-0.25, -0.2) is 0 Å². The Morgan fingerprint density at radius 2 is 2.16 bits per heavy atom. The summed E-state index contributed by atoms with van der Waals surface area (Å²) in [6, 6.07) is 7.03. The fraction of sp³-hybridized carbons (Fsp3) is 0.312. The zero-order valence-corrected chi connectivity index (χ0v) is 13.5. The van der Waals surface area contributed by atoms with E-state index in [-0.39, 0.29) is 29.7 Å². The third-order valence-corrected chi connectivity index (χ3v) is 3.76. The molecule has 1 aromatic carbocycles. The number of amides is 2. The van der Waals surface area contributed by atoms with Gasteiger partial charge in [-0.3, -0.25) is 19.7 Å². The molecule has 0 unspecified atom stereocenters. The van der Waals surface area contributed by atoms with E-state index in [4.69, 9.17) is 4.52 Å². The lowest BCUT2D eigenvalue weighted by molar-refractivity contribution is -0.384. The van der Waals surface area contributed by atoms with E-state index >= 15 is 0 Å². The summed E-state index contributed by atoms with van der Waals surface area (Å²) < 4.78 is 4.87. The first-order valence-corrected chi connectivity index (χ1v) is 7.72. The van der Waals surface area contributed by atoms with Gasteiger partial charge in [0.1, 0.15) is 12.3 Å². The highest BCUT2D eigenvalue weighted by molar-refractivity contribution is 5.99. The average molecular weight is 344 g/mol. The summed E-state index contributed by atoms with van der Waals surface area (Å²) in [5, 5.41) is 17.1. The number of carbonyl (C=O) groups is 2. The predicted molar refractivity (Wildman–Crippen MR) is 87.0 cm³/mol. The number of nitrogens with one attached hydrogen (secondary N) is 1. The summed E-state index contributed by atoms with van der Waals surface area (Å²) in [6.07, 6.45) is 1.61. The van der Waals surface area contributed by atoms with E-state index in [0.717, 1.165) is 12.8 Å². The van der Waals surface area contributed by atoms with Gasteiger partial charge in [0.05, 0.1) is 4.92 Å². The molecule has 2 amide bonds. The van der Waals surface area contributed by atoms with E-state index in [1.807, 2.05) is 0 Å². The molecule has 0 saturated heterocycles. The molecule has 1 fully saturated rings. The van der Waals surface area contributed by atoms with Crippen molar-refractivity contribution in [1.82, 2.24) is 10.1 Å². The van der Waals surface area contributed by atoms with Crippen molar-refractivity contribution < 1.29 is 19.0 Å². The van der Waals surface area contributed by atoms with Gasteiger partial charge >= 0.3 is 0 Å². The van der Waals surface area contributed by atoms with Crippen LogP contribution in [0.15, 0.2) is 34.9 Å². The Kier molecular flexibility index (Phi) is 4.46. The first kappa shape index (κ1) is 16.6. The zero-order chi connectivity index (χ0) is 18.0. The maximum absolute atomic E-state index is 12.7. The Morgan fingerprint density at radius 3 is 2.76 bits per heavy atom. The number of hydrogen-bond acceptors (Lipinski definition) is 6. The molecular weight excluding hydrogens is 328 g/mol. The van der Waals surface area contributed by atoms with Crippen LogP contribution >= 0.6 is 0 Å². The highest BCUT2D eigenvalue weighted by Gasteiger charge is 2.34. The molecule has 130 valence electrons. The molecule has 1 aromatic heterocycles. The number of non-ortho nitro benzene ring substituents is 1. The third kappa shape index (κ3) is 4.00. The van der Waals surface area contributed by atoms with Gasteiger partial charge in [0.25, 0.3) is 11.6 Å². The molecule has 1 aliphatic rings. The van der Waals surface area contributed by atoms with Gasteiger partial charge in [-0.2, -0.15) is 0 Å². The van der Waals surface area contributed by atoms with Gasteiger partial charge in [-0.05, 0) is 25.8 Å². The third-order valence-electron chi connectivity index (χ3n) is 3.76. The van der Waals surface area contributed by atoms with Crippen LogP contribution in [0.4, 0.5) is 11.5 Å². The number of rotatable bonds is 6. The Labute approximate surface area is 142 Å².